The van der Waals surface area contributed by atoms with Gasteiger partial charge < -0.3 is 10.0 Å². The lowest BCUT2D eigenvalue weighted by Gasteiger charge is -2.40. The maximum Gasteiger partial charge on any atom is 0.115 e. The molecule has 2 nitrogen and oxygen atoms in total. The van der Waals surface area contributed by atoms with Gasteiger partial charge in [0.25, 0.3) is 0 Å². The molecule has 0 amide bonds. The monoisotopic (exact) mass is 281 g/mol. The third-order valence-corrected chi connectivity index (χ3v) is 4.43. The van der Waals surface area contributed by atoms with Crippen LogP contribution in [0, 0.1) is 5.92 Å². The minimum atomic E-state index is -0.864. The normalized spacial score (nSPS) is 24.9. The predicted octanol–water partition coefficient (Wildman–Crippen LogP) is 3.05. The largest absolute Gasteiger partial charge is 0.380 e. The molecule has 0 saturated carbocycles. The molecular formula is C19H23NO. The van der Waals surface area contributed by atoms with Gasteiger partial charge in [0.15, 0.2) is 0 Å². The summed E-state index contributed by atoms with van der Waals surface area (Å²) in [6.45, 7) is 1.00. The van der Waals surface area contributed by atoms with Gasteiger partial charge in [-0.15, -0.1) is 0 Å². The maximum atomic E-state index is 11.5. The summed E-state index contributed by atoms with van der Waals surface area (Å²) in [6, 6.07) is 18.4. The molecule has 0 aromatic heterocycles. The molecule has 2 atom stereocenters. The predicted molar refractivity (Wildman–Crippen MR) is 86.2 cm³/mol. The third kappa shape index (κ3) is 2.74. The van der Waals surface area contributed by atoms with Gasteiger partial charge in [-0.1, -0.05) is 54.6 Å². The third-order valence-electron chi connectivity index (χ3n) is 4.43. The first-order chi connectivity index (χ1) is 10.1. The van der Waals surface area contributed by atoms with Crippen molar-refractivity contribution < 1.29 is 5.11 Å². The fourth-order valence-electron chi connectivity index (χ4n) is 3.65. The number of rotatable bonds is 3. The molecule has 0 radical (unpaired) electrons. The van der Waals surface area contributed by atoms with Crippen molar-refractivity contribution >= 4 is 0 Å². The lowest BCUT2D eigenvalue weighted by Crippen LogP contribution is -2.39. The molecular weight excluding hydrogens is 258 g/mol. The molecule has 21 heavy (non-hydrogen) atoms. The SMILES string of the molecule is CN(C)CC1Cc2ccccc2C(O)(c2ccccc2)C1. The van der Waals surface area contributed by atoms with Crippen LogP contribution >= 0.6 is 0 Å². The van der Waals surface area contributed by atoms with E-state index in [1.165, 1.54) is 5.56 Å². The Morgan fingerprint density at radius 2 is 1.71 bits per heavy atom. The topological polar surface area (TPSA) is 23.5 Å². The van der Waals surface area contributed by atoms with Crippen LogP contribution < -0.4 is 0 Å². The maximum absolute atomic E-state index is 11.5. The summed E-state index contributed by atoms with van der Waals surface area (Å²) in [5.41, 5.74) is 2.49. The van der Waals surface area contributed by atoms with E-state index in [1.54, 1.807) is 0 Å². The molecule has 0 fully saturated rings. The molecule has 3 rings (SSSR count). The van der Waals surface area contributed by atoms with Crippen LogP contribution in [0.5, 0.6) is 0 Å². The standard InChI is InChI=1S/C19H23NO/c1-20(2)14-15-12-16-8-6-7-11-18(16)19(21,13-15)17-9-4-3-5-10-17/h3-11,15,21H,12-14H2,1-2H3. The Bertz CT molecular complexity index is 608. The fourth-order valence-corrected chi connectivity index (χ4v) is 3.65. The van der Waals surface area contributed by atoms with E-state index >= 15 is 0 Å². The zero-order valence-electron chi connectivity index (χ0n) is 12.8. The van der Waals surface area contributed by atoms with Gasteiger partial charge in [-0.25, -0.2) is 0 Å². The van der Waals surface area contributed by atoms with E-state index in [0.29, 0.717) is 5.92 Å². The van der Waals surface area contributed by atoms with Crippen LogP contribution in [0.4, 0.5) is 0 Å². The summed E-state index contributed by atoms with van der Waals surface area (Å²) in [5.74, 6) is 0.472. The Morgan fingerprint density at radius 1 is 1.05 bits per heavy atom. The molecule has 2 aromatic rings. The average Bonchev–Trinajstić information content (AvgIpc) is 2.47. The Kier molecular flexibility index (Phi) is 3.83. The van der Waals surface area contributed by atoms with Crippen LogP contribution in [0.2, 0.25) is 0 Å². The van der Waals surface area contributed by atoms with Gasteiger partial charge in [0.2, 0.25) is 0 Å². The van der Waals surface area contributed by atoms with Gasteiger partial charge >= 0.3 is 0 Å². The second-order valence-electron chi connectivity index (χ2n) is 6.42. The molecule has 0 spiro atoms. The van der Waals surface area contributed by atoms with Gasteiger partial charge in [-0.2, -0.15) is 0 Å². The van der Waals surface area contributed by atoms with Crippen LogP contribution in [-0.4, -0.2) is 30.6 Å². The Labute approximate surface area is 127 Å². The van der Waals surface area contributed by atoms with E-state index in [2.05, 4.69) is 37.2 Å². The summed E-state index contributed by atoms with van der Waals surface area (Å²) in [4.78, 5) is 2.21. The highest BCUT2D eigenvalue weighted by atomic mass is 16.3. The van der Waals surface area contributed by atoms with Crippen LogP contribution in [0.25, 0.3) is 0 Å². The first-order valence-corrected chi connectivity index (χ1v) is 7.60. The Balaban J connectivity index is 2.06. The second-order valence-corrected chi connectivity index (χ2v) is 6.42. The van der Waals surface area contributed by atoms with Crippen molar-refractivity contribution in [1.29, 1.82) is 0 Å². The van der Waals surface area contributed by atoms with Gasteiger partial charge in [-0.3, -0.25) is 0 Å². The minimum Gasteiger partial charge on any atom is -0.380 e. The van der Waals surface area contributed by atoms with E-state index in [1.807, 2.05) is 36.4 Å². The molecule has 1 aliphatic rings. The molecule has 0 saturated heterocycles. The summed E-state index contributed by atoms with van der Waals surface area (Å²) in [7, 11) is 4.20. The van der Waals surface area contributed by atoms with Crippen LogP contribution in [0.3, 0.4) is 0 Å². The zero-order chi connectivity index (χ0) is 14.9. The van der Waals surface area contributed by atoms with E-state index in [-0.39, 0.29) is 0 Å². The van der Waals surface area contributed by atoms with Crippen LogP contribution in [0.1, 0.15) is 23.1 Å². The van der Waals surface area contributed by atoms with Gasteiger partial charge in [0.05, 0.1) is 0 Å². The van der Waals surface area contributed by atoms with Crippen molar-refractivity contribution in [3.05, 3.63) is 71.3 Å². The zero-order valence-corrected chi connectivity index (χ0v) is 12.8. The van der Waals surface area contributed by atoms with Crippen molar-refractivity contribution in [3.8, 4) is 0 Å². The Hall–Kier alpha value is -1.64. The number of hydrogen-bond donors (Lipinski definition) is 1. The number of nitrogens with zero attached hydrogens (tertiary/aromatic N) is 1. The van der Waals surface area contributed by atoms with Crippen molar-refractivity contribution in [2.24, 2.45) is 5.92 Å². The molecule has 1 aliphatic carbocycles. The van der Waals surface area contributed by atoms with Crippen LogP contribution in [0.15, 0.2) is 54.6 Å². The van der Waals surface area contributed by atoms with Crippen molar-refractivity contribution in [1.82, 2.24) is 4.90 Å². The lowest BCUT2D eigenvalue weighted by atomic mass is 9.70. The smallest absolute Gasteiger partial charge is 0.115 e. The first-order valence-electron chi connectivity index (χ1n) is 7.60. The second kappa shape index (κ2) is 5.63. The molecule has 0 heterocycles. The van der Waals surface area contributed by atoms with Crippen molar-refractivity contribution in [2.75, 3.05) is 20.6 Å². The van der Waals surface area contributed by atoms with E-state index in [0.717, 1.165) is 30.5 Å². The fraction of sp³-hybridized carbons (Fsp3) is 0.368. The number of fused-ring (bicyclic) bond motifs is 1. The number of hydrogen-bond acceptors (Lipinski definition) is 2. The molecule has 110 valence electrons. The number of benzene rings is 2. The number of aliphatic hydroxyl groups is 1. The van der Waals surface area contributed by atoms with Gasteiger partial charge in [0.1, 0.15) is 5.60 Å². The highest BCUT2D eigenvalue weighted by Gasteiger charge is 2.39. The summed E-state index contributed by atoms with van der Waals surface area (Å²) >= 11 is 0. The summed E-state index contributed by atoms with van der Waals surface area (Å²) < 4.78 is 0. The lowest BCUT2D eigenvalue weighted by molar-refractivity contribution is 0.0372. The van der Waals surface area contributed by atoms with Gasteiger partial charge in [0, 0.05) is 6.54 Å². The molecule has 0 aliphatic heterocycles. The van der Waals surface area contributed by atoms with Crippen LogP contribution in [-0.2, 0) is 12.0 Å². The van der Waals surface area contributed by atoms with E-state index in [9.17, 15) is 5.11 Å². The molecule has 1 N–H and O–H groups in total. The Morgan fingerprint density at radius 3 is 2.43 bits per heavy atom. The van der Waals surface area contributed by atoms with Crippen molar-refractivity contribution in [2.45, 2.75) is 18.4 Å². The quantitative estimate of drug-likeness (QED) is 0.934. The molecule has 2 aromatic carbocycles. The van der Waals surface area contributed by atoms with E-state index in [4.69, 9.17) is 0 Å². The van der Waals surface area contributed by atoms with E-state index < -0.39 is 5.60 Å². The molecule has 0 bridgehead atoms. The highest BCUT2D eigenvalue weighted by Crippen LogP contribution is 2.42. The highest BCUT2D eigenvalue weighted by molar-refractivity contribution is 5.43. The molecule has 2 unspecified atom stereocenters. The first kappa shape index (κ1) is 14.3. The average molecular weight is 281 g/mol. The minimum absolute atomic E-state index is 0.472. The summed E-state index contributed by atoms with van der Waals surface area (Å²) in [5, 5.41) is 11.5. The van der Waals surface area contributed by atoms with Gasteiger partial charge in [-0.05, 0) is 49.5 Å². The summed E-state index contributed by atoms with van der Waals surface area (Å²) in [6.07, 6.45) is 1.83. The van der Waals surface area contributed by atoms with Crippen molar-refractivity contribution in [3.63, 3.8) is 0 Å². The molecule has 2 heteroatoms.